The summed E-state index contributed by atoms with van der Waals surface area (Å²) in [5, 5.41) is 13.8. The number of benzene rings is 1. The summed E-state index contributed by atoms with van der Waals surface area (Å²) in [6.45, 7) is 2.77. The number of hydrogen-bond donors (Lipinski definition) is 1. The Morgan fingerprint density at radius 3 is 2.47 bits per heavy atom. The first-order chi connectivity index (χ1) is 8.09. The number of rotatable bonds is 7. The summed E-state index contributed by atoms with van der Waals surface area (Å²) in [6.07, 6.45) is 1.10. The molecule has 0 radical (unpaired) electrons. The third-order valence-electron chi connectivity index (χ3n) is 2.44. The second-order valence-electron chi connectivity index (χ2n) is 4.26. The molecule has 0 saturated heterocycles. The van der Waals surface area contributed by atoms with Crippen molar-refractivity contribution in [3.8, 4) is 0 Å². The van der Waals surface area contributed by atoms with E-state index in [4.69, 9.17) is 0 Å². The number of nitrogens with zero attached hydrogens (tertiary/aromatic N) is 2. The van der Waals surface area contributed by atoms with Gasteiger partial charge in [-0.3, -0.25) is 10.1 Å². The molecule has 0 amide bonds. The van der Waals surface area contributed by atoms with Crippen molar-refractivity contribution in [2.24, 2.45) is 0 Å². The zero-order valence-electron chi connectivity index (χ0n) is 10.3. The summed E-state index contributed by atoms with van der Waals surface area (Å²) < 4.78 is 0. The lowest BCUT2D eigenvalue weighted by Gasteiger charge is -2.09. The van der Waals surface area contributed by atoms with E-state index in [2.05, 4.69) is 24.3 Å². The number of hydrogen-bond acceptors (Lipinski definition) is 4. The Morgan fingerprint density at radius 1 is 1.29 bits per heavy atom. The van der Waals surface area contributed by atoms with Gasteiger partial charge in [0.2, 0.25) is 0 Å². The Morgan fingerprint density at radius 2 is 1.94 bits per heavy atom. The van der Waals surface area contributed by atoms with Crippen molar-refractivity contribution in [3.63, 3.8) is 0 Å². The van der Waals surface area contributed by atoms with Gasteiger partial charge in [0.05, 0.1) is 4.92 Å². The normalized spacial score (nSPS) is 10.8. The van der Waals surface area contributed by atoms with Crippen LogP contribution in [0.4, 0.5) is 5.69 Å². The van der Waals surface area contributed by atoms with E-state index in [1.54, 1.807) is 12.1 Å². The highest BCUT2D eigenvalue weighted by atomic mass is 16.6. The smallest absolute Gasteiger partial charge is 0.269 e. The van der Waals surface area contributed by atoms with E-state index in [0.29, 0.717) is 0 Å². The van der Waals surface area contributed by atoms with Crippen LogP contribution in [0.3, 0.4) is 0 Å². The Kier molecular flexibility index (Phi) is 5.59. The van der Waals surface area contributed by atoms with Crippen LogP contribution in [0, 0.1) is 10.1 Å². The maximum atomic E-state index is 10.5. The summed E-state index contributed by atoms with van der Waals surface area (Å²) in [5.74, 6) is 0. The van der Waals surface area contributed by atoms with Gasteiger partial charge < -0.3 is 10.2 Å². The molecule has 0 aliphatic rings. The van der Waals surface area contributed by atoms with Crippen LogP contribution < -0.4 is 5.32 Å². The molecular weight excluding hydrogens is 218 g/mol. The number of nitro groups is 1. The van der Waals surface area contributed by atoms with E-state index in [1.807, 2.05) is 0 Å². The maximum absolute atomic E-state index is 10.5. The lowest BCUT2D eigenvalue weighted by Crippen LogP contribution is -2.20. The zero-order valence-corrected chi connectivity index (χ0v) is 10.3. The maximum Gasteiger partial charge on any atom is 0.269 e. The molecule has 0 bridgehead atoms. The minimum Gasteiger partial charge on any atom is -0.313 e. The minimum absolute atomic E-state index is 0.140. The summed E-state index contributed by atoms with van der Waals surface area (Å²) in [4.78, 5) is 12.2. The van der Waals surface area contributed by atoms with E-state index in [0.717, 1.165) is 31.6 Å². The third kappa shape index (κ3) is 5.42. The van der Waals surface area contributed by atoms with Crippen LogP contribution in [0.1, 0.15) is 12.0 Å². The van der Waals surface area contributed by atoms with E-state index >= 15 is 0 Å². The van der Waals surface area contributed by atoms with Crippen LogP contribution in [-0.2, 0) is 6.54 Å². The molecule has 0 aliphatic heterocycles. The average molecular weight is 237 g/mol. The predicted octanol–water partition coefficient (Wildman–Crippen LogP) is 1.64. The molecule has 94 valence electrons. The van der Waals surface area contributed by atoms with Gasteiger partial charge in [-0.15, -0.1) is 0 Å². The molecule has 5 nitrogen and oxygen atoms in total. The standard InChI is InChI=1S/C12H19N3O2/c1-14(2)9-3-8-13-10-11-4-6-12(7-5-11)15(16)17/h4-7,13H,3,8-10H2,1-2H3. The first-order valence-corrected chi connectivity index (χ1v) is 5.68. The van der Waals surface area contributed by atoms with Gasteiger partial charge in [-0.1, -0.05) is 12.1 Å². The van der Waals surface area contributed by atoms with E-state index in [1.165, 1.54) is 12.1 Å². The molecule has 0 spiro atoms. The molecule has 0 aliphatic carbocycles. The molecule has 0 unspecified atom stereocenters. The number of nitrogens with one attached hydrogen (secondary N) is 1. The minimum atomic E-state index is -0.381. The zero-order chi connectivity index (χ0) is 12.7. The Hall–Kier alpha value is -1.46. The third-order valence-corrected chi connectivity index (χ3v) is 2.44. The molecule has 0 saturated carbocycles. The molecule has 1 aromatic carbocycles. The van der Waals surface area contributed by atoms with Gasteiger partial charge in [0, 0.05) is 18.7 Å². The van der Waals surface area contributed by atoms with Crippen molar-refractivity contribution in [2.45, 2.75) is 13.0 Å². The van der Waals surface area contributed by atoms with Gasteiger partial charge in [-0.25, -0.2) is 0 Å². The summed E-state index contributed by atoms with van der Waals surface area (Å²) in [7, 11) is 4.10. The quantitative estimate of drug-likeness (QED) is 0.445. The van der Waals surface area contributed by atoms with Crippen LogP contribution in [0.15, 0.2) is 24.3 Å². The highest BCUT2D eigenvalue weighted by Crippen LogP contribution is 2.11. The highest BCUT2D eigenvalue weighted by molar-refractivity contribution is 5.32. The molecule has 5 heteroatoms. The Balaban J connectivity index is 2.25. The van der Waals surface area contributed by atoms with Crippen molar-refractivity contribution in [1.29, 1.82) is 0 Å². The second kappa shape index (κ2) is 6.98. The molecule has 1 aromatic rings. The summed E-state index contributed by atoms with van der Waals surface area (Å²) in [5.41, 5.74) is 1.21. The van der Waals surface area contributed by atoms with E-state index < -0.39 is 0 Å². The van der Waals surface area contributed by atoms with Gasteiger partial charge in [-0.2, -0.15) is 0 Å². The van der Waals surface area contributed by atoms with Crippen molar-refractivity contribution < 1.29 is 4.92 Å². The summed E-state index contributed by atoms with van der Waals surface area (Å²) >= 11 is 0. The SMILES string of the molecule is CN(C)CCCNCc1ccc([N+](=O)[O-])cc1. The molecule has 0 fully saturated rings. The Labute approximate surface area is 102 Å². The van der Waals surface area contributed by atoms with Crippen LogP contribution in [0.25, 0.3) is 0 Å². The molecule has 0 aromatic heterocycles. The average Bonchev–Trinajstić information content (AvgIpc) is 2.29. The predicted molar refractivity (Wildman–Crippen MR) is 68.0 cm³/mol. The van der Waals surface area contributed by atoms with Crippen LogP contribution in [0.5, 0.6) is 0 Å². The van der Waals surface area contributed by atoms with Gasteiger partial charge in [0.15, 0.2) is 0 Å². The number of nitro benzene ring substituents is 1. The van der Waals surface area contributed by atoms with E-state index in [9.17, 15) is 10.1 Å². The second-order valence-corrected chi connectivity index (χ2v) is 4.26. The Bertz CT molecular complexity index is 349. The summed E-state index contributed by atoms with van der Waals surface area (Å²) in [6, 6.07) is 6.65. The molecule has 0 atom stereocenters. The van der Waals surface area contributed by atoms with Gasteiger partial charge >= 0.3 is 0 Å². The monoisotopic (exact) mass is 237 g/mol. The number of non-ortho nitro benzene ring substituents is 1. The van der Waals surface area contributed by atoms with Gasteiger partial charge in [0.25, 0.3) is 5.69 Å². The highest BCUT2D eigenvalue weighted by Gasteiger charge is 2.03. The first kappa shape index (κ1) is 13.6. The lowest BCUT2D eigenvalue weighted by molar-refractivity contribution is -0.384. The van der Waals surface area contributed by atoms with Gasteiger partial charge in [0.1, 0.15) is 0 Å². The van der Waals surface area contributed by atoms with Crippen LogP contribution in [-0.4, -0.2) is 37.0 Å². The van der Waals surface area contributed by atoms with Crippen molar-refractivity contribution in [1.82, 2.24) is 10.2 Å². The fourth-order valence-corrected chi connectivity index (χ4v) is 1.49. The van der Waals surface area contributed by atoms with Crippen molar-refractivity contribution in [2.75, 3.05) is 27.2 Å². The molecule has 0 heterocycles. The fraction of sp³-hybridized carbons (Fsp3) is 0.500. The van der Waals surface area contributed by atoms with Crippen LogP contribution >= 0.6 is 0 Å². The largest absolute Gasteiger partial charge is 0.313 e. The molecule has 1 N–H and O–H groups in total. The van der Waals surface area contributed by atoms with E-state index in [-0.39, 0.29) is 10.6 Å². The van der Waals surface area contributed by atoms with Crippen molar-refractivity contribution >= 4 is 5.69 Å². The van der Waals surface area contributed by atoms with Gasteiger partial charge in [-0.05, 0) is 39.2 Å². The molecule has 1 rings (SSSR count). The molecule has 17 heavy (non-hydrogen) atoms. The fourth-order valence-electron chi connectivity index (χ4n) is 1.49. The topological polar surface area (TPSA) is 58.4 Å². The molecular formula is C12H19N3O2. The first-order valence-electron chi connectivity index (χ1n) is 5.68. The lowest BCUT2D eigenvalue weighted by atomic mass is 10.2. The van der Waals surface area contributed by atoms with Crippen molar-refractivity contribution in [3.05, 3.63) is 39.9 Å². The van der Waals surface area contributed by atoms with Crippen LogP contribution in [0.2, 0.25) is 0 Å².